The van der Waals surface area contributed by atoms with E-state index in [0.717, 1.165) is 36.5 Å². The van der Waals surface area contributed by atoms with Gasteiger partial charge in [-0.1, -0.05) is 0 Å². The van der Waals surface area contributed by atoms with Crippen molar-refractivity contribution in [2.75, 3.05) is 18.4 Å². The number of likely N-dealkylation sites (tertiary alicyclic amines) is 1. The first-order valence-electron chi connectivity index (χ1n) is 7.34. The van der Waals surface area contributed by atoms with Crippen LogP contribution in [0.15, 0.2) is 18.3 Å². The molecule has 6 nitrogen and oxygen atoms in total. The quantitative estimate of drug-likeness (QED) is 0.806. The van der Waals surface area contributed by atoms with Gasteiger partial charge in [-0.25, -0.2) is 0 Å². The van der Waals surface area contributed by atoms with Gasteiger partial charge in [-0.05, 0) is 45.4 Å². The molecule has 0 bridgehead atoms. The van der Waals surface area contributed by atoms with Crippen LogP contribution in [-0.4, -0.2) is 39.1 Å². The van der Waals surface area contributed by atoms with Crippen molar-refractivity contribution in [3.8, 4) is 0 Å². The minimum absolute atomic E-state index is 0.0149. The highest BCUT2D eigenvalue weighted by Gasteiger charge is 2.28. The second kappa shape index (κ2) is 5.73. The molecule has 6 heteroatoms. The Hall–Kier alpha value is -2.08. The molecule has 0 aromatic carbocycles. The maximum atomic E-state index is 12.3. The molecule has 1 saturated heterocycles. The van der Waals surface area contributed by atoms with Gasteiger partial charge < -0.3 is 10.3 Å². The summed E-state index contributed by atoms with van der Waals surface area (Å²) in [6, 6.07) is 4.41. The summed E-state index contributed by atoms with van der Waals surface area (Å²) in [5.74, 6) is 0.0149. The number of hydrogen-bond donors (Lipinski definition) is 3. The van der Waals surface area contributed by atoms with Crippen LogP contribution < -0.4 is 5.32 Å². The third-order valence-electron chi connectivity index (χ3n) is 4.08. The summed E-state index contributed by atoms with van der Waals surface area (Å²) in [6.45, 7) is 5.16. The van der Waals surface area contributed by atoms with Gasteiger partial charge in [-0.15, -0.1) is 0 Å². The fourth-order valence-electron chi connectivity index (χ4n) is 3.02. The van der Waals surface area contributed by atoms with Gasteiger partial charge in [-0.2, -0.15) is 5.10 Å². The molecule has 1 amide bonds. The summed E-state index contributed by atoms with van der Waals surface area (Å²) >= 11 is 0. The van der Waals surface area contributed by atoms with Crippen molar-refractivity contribution in [1.82, 2.24) is 20.1 Å². The van der Waals surface area contributed by atoms with Crippen LogP contribution in [0, 0.1) is 13.8 Å². The molecule has 0 spiro atoms. The number of rotatable bonds is 4. The van der Waals surface area contributed by atoms with Gasteiger partial charge in [0.1, 0.15) is 0 Å². The molecule has 1 aliphatic heterocycles. The van der Waals surface area contributed by atoms with E-state index in [9.17, 15) is 4.79 Å². The topological polar surface area (TPSA) is 76.8 Å². The number of aromatic amines is 2. The van der Waals surface area contributed by atoms with E-state index in [1.165, 1.54) is 5.69 Å². The van der Waals surface area contributed by atoms with E-state index in [2.05, 4.69) is 31.5 Å². The Morgan fingerprint density at radius 3 is 3.05 bits per heavy atom. The molecule has 0 radical (unpaired) electrons. The van der Waals surface area contributed by atoms with Crippen LogP contribution in [-0.2, 0) is 4.79 Å². The second-order valence-electron chi connectivity index (χ2n) is 5.61. The van der Waals surface area contributed by atoms with Crippen LogP contribution in [0.1, 0.15) is 36.0 Å². The Morgan fingerprint density at radius 2 is 2.38 bits per heavy atom. The summed E-state index contributed by atoms with van der Waals surface area (Å²) in [5, 5.41) is 9.95. The molecular weight excluding hydrogens is 266 g/mol. The zero-order chi connectivity index (χ0) is 14.8. The molecule has 1 fully saturated rings. The van der Waals surface area contributed by atoms with Gasteiger partial charge in [-0.3, -0.25) is 14.8 Å². The van der Waals surface area contributed by atoms with E-state index in [1.807, 2.05) is 26.1 Å². The van der Waals surface area contributed by atoms with E-state index >= 15 is 0 Å². The minimum Gasteiger partial charge on any atom is -0.364 e. The molecule has 1 unspecified atom stereocenters. The van der Waals surface area contributed by atoms with Crippen LogP contribution in [0.2, 0.25) is 0 Å². The standard InChI is InChI=1S/C15H21N5O/c1-10-15(11(2)19-18-10)17-14(21)9-20-8-4-6-13(20)12-5-3-7-16-12/h3,5,7,13,16H,4,6,8-9H2,1-2H3,(H,17,21)(H,18,19). The molecule has 2 aromatic rings. The molecule has 0 aliphatic carbocycles. The van der Waals surface area contributed by atoms with Crippen molar-refractivity contribution < 1.29 is 4.79 Å². The summed E-state index contributed by atoms with van der Waals surface area (Å²) in [4.78, 5) is 17.8. The van der Waals surface area contributed by atoms with Crippen LogP contribution in [0.5, 0.6) is 0 Å². The second-order valence-corrected chi connectivity index (χ2v) is 5.61. The Balaban J connectivity index is 1.64. The summed E-state index contributed by atoms with van der Waals surface area (Å²) in [5.41, 5.74) is 3.71. The monoisotopic (exact) mass is 287 g/mol. The first-order chi connectivity index (χ1) is 10.1. The third kappa shape index (κ3) is 2.85. The molecule has 3 rings (SSSR count). The van der Waals surface area contributed by atoms with Gasteiger partial charge in [0, 0.05) is 11.9 Å². The molecule has 0 saturated carbocycles. The highest BCUT2D eigenvalue weighted by molar-refractivity contribution is 5.93. The fraction of sp³-hybridized carbons (Fsp3) is 0.467. The van der Waals surface area contributed by atoms with Crippen LogP contribution >= 0.6 is 0 Å². The summed E-state index contributed by atoms with van der Waals surface area (Å²) < 4.78 is 0. The lowest BCUT2D eigenvalue weighted by Gasteiger charge is -2.23. The lowest BCUT2D eigenvalue weighted by Crippen LogP contribution is -2.33. The van der Waals surface area contributed by atoms with E-state index in [0.29, 0.717) is 12.6 Å². The number of aromatic nitrogens is 3. The van der Waals surface area contributed by atoms with Gasteiger partial charge in [0.05, 0.1) is 29.7 Å². The third-order valence-corrected chi connectivity index (χ3v) is 4.08. The average molecular weight is 287 g/mol. The summed E-state index contributed by atoms with van der Waals surface area (Å²) in [7, 11) is 0. The largest absolute Gasteiger partial charge is 0.364 e. The number of carbonyl (C=O) groups is 1. The Morgan fingerprint density at radius 1 is 1.52 bits per heavy atom. The van der Waals surface area contributed by atoms with Crippen molar-refractivity contribution in [3.05, 3.63) is 35.4 Å². The number of carbonyl (C=O) groups excluding carboxylic acids is 1. The number of nitrogens with zero attached hydrogens (tertiary/aromatic N) is 2. The normalized spacial score (nSPS) is 19.0. The molecule has 1 aliphatic rings. The van der Waals surface area contributed by atoms with Crippen molar-refractivity contribution in [2.45, 2.75) is 32.7 Å². The maximum absolute atomic E-state index is 12.3. The molecule has 1 atom stereocenters. The number of H-pyrrole nitrogens is 2. The molecule has 2 aromatic heterocycles. The first kappa shape index (κ1) is 13.9. The number of amides is 1. The van der Waals surface area contributed by atoms with Gasteiger partial charge in [0.25, 0.3) is 0 Å². The summed E-state index contributed by atoms with van der Waals surface area (Å²) in [6.07, 6.45) is 4.16. The molecule has 3 heterocycles. The number of hydrogen-bond acceptors (Lipinski definition) is 3. The van der Waals surface area contributed by atoms with Crippen molar-refractivity contribution in [3.63, 3.8) is 0 Å². The fourth-order valence-corrected chi connectivity index (χ4v) is 3.02. The van der Waals surface area contributed by atoms with Crippen LogP contribution in [0.4, 0.5) is 5.69 Å². The van der Waals surface area contributed by atoms with Crippen LogP contribution in [0.3, 0.4) is 0 Å². The highest BCUT2D eigenvalue weighted by atomic mass is 16.2. The van der Waals surface area contributed by atoms with Crippen molar-refractivity contribution >= 4 is 11.6 Å². The number of aryl methyl sites for hydroxylation is 2. The minimum atomic E-state index is 0.0149. The SMILES string of the molecule is Cc1n[nH]c(C)c1NC(=O)CN1CCCC1c1ccc[nH]1. The Labute approximate surface area is 123 Å². The van der Waals surface area contributed by atoms with E-state index in [4.69, 9.17) is 0 Å². The Kier molecular flexibility index (Phi) is 3.79. The number of nitrogens with one attached hydrogen (secondary N) is 3. The highest BCUT2D eigenvalue weighted by Crippen LogP contribution is 2.30. The lowest BCUT2D eigenvalue weighted by atomic mass is 10.1. The zero-order valence-electron chi connectivity index (χ0n) is 12.4. The predicted octanol–water partition coefficient (Wildman–Crippen LogP) is 2.13. The van der Waals surface area contributed by atoms with Gasteiger partial charge in [0.2, 0.25) is 5.91 Å². The smallest absolute Gasteiger partial charge is 0.238 e. The molecule has 3 N–H and O–H groups in total. The van der Waals surface area contributed by atoms with Crippen molar-refractivity contribution in [2.24, 2.45) is 0 Å². The van der Waals surface area contributed by atoms with Gasteiger partial charge >= 0.3 is 0 Å². The van der Waals surface area contributed by atoms with Crippen LogP contribution in [0.25, 0.3) is 0 Å². The average Bonchev–Trinajstić information content (AvgIpc) is 3.16. The molecular formula is C15H21N5O. The Bertz CT molecular complexity index is 597. The molecule has 112 valence electrons. The van der Waals surface area contributed by atoms with E-state index < -0.39 is 0 Å². The zero-order valence-corrected chi connectivity index (χ0v) is 12.4. The van der Waals surface area contributed by atoms with Gasteiger partial charge in [0.15, 0.2) is 0 Å². The lowest BCUT2D eigenvalue weighted by molar-refractivity contribution is -0.117. The maximum Gasteiger partial charge on any atom is 0.238 e. The van der Waals surface area contributed by atoms with E-state index in [-0.39, 0.29) is 5.91 Å². The van der Waals surface area contributed by atoms with E-state index in [1.54, 1.807) is 0 Å². The predicted molar refractivity (Wildman–Crippen MR) is 81.0 cm³/mol. The van der Waals surface area contributed by atoms with Crippen molar-refractivity contribution in [1.29, 1.82) is 0 Å². The number of anilines is 1. The first-order valence-corrected chi connectivity index (χ1v) is 7.34. The molecule has 21 heavy (non-hydrogen) atoms.